The lowest BCUT2D eigenvalue weighted by Crippen LogP contribution is -2.38. The highest BCUT2D eigenvalue weighted by Gasteiger charge is 2.41. The van der Waals surface area contributed by atoms with Crippen molar-refractivity contribution in [1.82, 2.24) is 0 Å². The summed E-state index contributed by atoms with van der Waals surface area (Å²) in [6, 6.07) is 18.6. The second-order valence-corrected chi connectivity index (χ2v) is 16.1. The fourth-order valence-electron chi connectivity index (χ4n) is 5.45. The van der Waals surface area contributed by atoms with Crippen molar-refractivity contribution in [2.24, 2.45) is 0 Å². The van der Waals surface area contributed by atoms with Crippen LogP contribution in [0.2, 0.25) is 19.6 Å². The summed E-state index contributed by atoms with van der Waals surface area (Å²) in [5, 5.41) is 1.55. The molecular weight excluding hydrogens is 366 g/mol. The van der Waals surface area contributed by atoms with Crippen LogP contribution in [-0.4, -0.2) is 8.07 Å². The lowest BCUT2D eigenvalue weighted by atomic mass is 9.79. The second kappa shape index (κ2) is 5.43. The van der Waals surface area contributed by atoms with E-state index in [1.807, 2.05) is 6.07 Å². The van der Waals surface area contributed by atoms with E-state index in [1.165, 1.54) is 44.5 Å². The standard InChI is InChI=1S/C27H31NSi/c1-26(2)22-12-16(28)8-10-18(22)20-14-25-21(15-24(20)26)19-11-9-17(29(5,6)7)13-23(19)27(25,3)4/h8-15H,28H2,1-7H3. The van der Waals surface area contributed by atoms with E-state index in [2.05, 4.69) is 89.8 Å². The van der Waals surface area contributed by atoms with E-state index in [-0.39, 0.29) is 10.8 Å². The molecule has 0 spiro atoms. The molecule has 0 heterocycles. The summed E-state index contributed by atoms with van der Waals surface area (Å²) in [7, 11) is -1.35. The molecule has 29 heavy (non-hydrogen) atoms. The lowest BCUT2D eigenvalue weighted by molar-refractivity contribution is 0.652. The minimum absolute atomic E-state index is 0.0239. The van der Waals surface area contributed by atoms with E-state index in [9.17, 15) is 0 Å². The van der Waals surface area contributed by atoms with Crippen molar-refractivity contribution in [3.63, 3.8) is 0 Å². The van der Waals surface area contributed by atoms with Crippen LogP contribution in [0.25, 0.3) is 22.3 Å². The SMILES string of the molecule is CC1(C)c2cc(N)ccc2-c2cc3c(cc21)-c1ccc([Si](C)(C)C)cc1C3(C)C. The maximum absolute atomic E-state index is 6.14. The lowest BCUT2D eigenvalue weighted by Gasteiger charge is -2.25. The Morgan fingerprint density at radius 1 is 0.586 bits per heavy atom. The van der Waals surface area contributed by atoms with Gasteiger partial charge in [-0.2, -0.15) is 0 Å². The van der Waals surface area contributed by atoms with Gasteiger partial charge in [0.1, 0.15) is 0 Å². The molecule has 3 aromatic carbocycles. The van der Waals surface area contributed by atoms with Gasteiger partial charge in [0.2, 0.25) is 0 Å². The van der Waals surface area contributed by atoms with Gasteiger partial charge in [-0.25, -0.2) is 0 Å². The monoisotopic (exact) mass is 397 g/mol. The first-order valence-electron chi connectivity index (χ1n) is 10.7. The Bertz CT molecular complexity index is 1190. The third kappa shape index (κ3) is 2.39. The molecule has 0 unspecified atom stereocenters. The topological polar surface area (TPSA) is 26.0 Å². The van der Waals surface area contributed by atoms with E-state index >= 15 is 0 Å². The normalized spacial score (nSPS) is 17.5. The number of nitrogens with two attached hydrogens (primary N) is 1. The molecule has 2 heteroatoms. The largest absolute Gasteiger partial charge is 0.399 e. The molecule has 0 bridgehead atoms. The van der Waals surface area contributed by atoms with E-state index in [0.717, 1.165) is 5.69 Å². The molecule has 0 amide bonds. The molecule has 148 valence electrons. The molecule has 0 saturated heterocycles. The summed E-state index contributed by atoms with van der Waals surface area (Å²) in [6.45, 7) is 16.7. The van der Waals surface area contributed by atoms with Crippen molar-refractivity contribution in [1.29, 1.82) is 0 Å². The summed E-state index contributed by atoms with van der Waals surface area (Å²) in [5.41, 5.74) is 18.3. The first-order valence-corrected chi connectivity index (χ1v) is 14.2. The van der Waals surface area contributed by atoms with Crippen LogP contribution in [0.4, 0.5) is 5.69 Å². The van der Waals surface area contributed by atoms with Crippen LogP contribution < -0.4 is 10.9 Å². The minimum Gasteiger partial charge on any atom is -0.399 e. The molecule has 0 fully saturated rings. The predicted octanol–water partition coefficient (Wildman–Crippen LogP) is 6.43. The molecule has 3 aromatic rings. The summed E-state index contributed by atoms with van der Waals surface area (Å²) in [5.74, 6) is 0. The molecule has 5 rings (SSSR count). The number of anilines is 1. The van der Waals surface area contributed by atoms with Gasteiger partial charge >= 0.3 is 0 Å². The van der Waals surface area contributed by atoms with E-state index in [1.54, 1.807) is 5.19 Å². The highest BCUT2D eigenvalue weighted by atomic mass is 28.3. The number of fused-ring (bicyclic) bond motifs is 6. The fourth-order valence-corrected chi connectivity index (χ4v) is 6.61. The molecule has 2 N–H and O–H groups in total. The Morgan fingerprint density at radius 2 is 1.03 bits per heavy atom. The molecule has 2 aliphatic rings. The minimum atomic E-state index is -1.35. The molecule has 0 aromatic heterocycles. The number of hydrogen-bond acceptors (Lipinski definition) is 1. The van der Waals surface area contributed by atoms with Gasteiger partial charge in [0.25, 0.3) is 0 Å². The number of nitrogen functional groups attached to an aromatic ring is 1. The second-order valence-electron chi connectivity index (χ2n) is 11.0. The van der Waals surface area contributed by atoms with Crippen molar-refractivity contribution >= 4 is 18.9 Å². The van der Waals surface area contributed by atoms with Crippen LogP contribution in [0.3, 0.4) is 0 Å². The maximum Gasteiger partial charge on any atom is 0.0776 e. The Balaban J connectivity index is 1.78. The first-order chi connectivity index (χ1) is 13.4. The van der Waals surface area contributed by atoms with Gasteiger partial charge in [-0.3, -0.25) is 0 Å². The smallest absolute Gasteiger partial charge is 0.0776 e. The van der Waals surface area contributed by atoms with Crippen molar-refractivity contribution in [3.8, 4) is 22.3 Å². The van der Waals surface area contributed by atoms with Gasteiger partial charge in [0.15, 0.2) is 0 Å². The third-order valence-electron chi connectivity index (χ3n) is 7.36. The molecule has 2 aliphatic carbocycles. The zero-order valence-electron chi connectivity index (χ0n) is 18.7. The van der Waals surface area contributed by atoms with Crippen LogP contribution in [0.1, 0.15) is 49.9 Å². The summed E-state index contributed by atoms with van der Waals surface area (Å²) < 4.78 is 0. The average Bonchev–Trinajstić information content (AvgIpc) is 2.99. The van der Waals surface area contributed by atoms with E-state index < -0.39 is 8.07 Å². The Labute approximate surface area is 176 Å². The van der Waals surface area contributed by atoms with Crippen molar-refractivity contribution in [2.75, 3.05) is 5.73 Å². The van der Waals surface area contributed by atoms with Crippen molar-refractivity contribution in [2.45, 2.75) is 58.2 Å². The van der Waals surface area contributed by atoms with E-state index in [0.29, 0.717) is 0 Å². The Kier molecular flexibility index (Phi) is 3.50. The molecule has 1 nitrogen and oxygen atoms in total. The Morgan fingerprint density at radius 3 is 1.55 bits per heavy atom. The quantitative estimate of drug-likeness (QED) is 0.372. The predicted molar refractivity (Wildman–Crippen MR) is 129 cm³/mol. The highest BCUT2D eigenvalue weighted by molar-refractivity contribution is 6.88. The number of rotatable bonds is 1. The number of hydrogen-bond donors (Lipinski definition) is 1. The van der Waals surface area contributed by atoms with Crippen LogP contribution in [0.15, 0.2) is 48.5 Å². The fraction of sp³-hybridized carbons (Fsp3) is 0.333. The molecule has 0 radical (unpaired) electrons. The van der Waals surface area contributed by atoms with Crippen molar-refractivity contribution < 1.29 is 0 Å². The number of benzene rings is 3. The summed E-state index contributed by atoms with van der Waals surface area (Å²) in [6.07, 6.45) is 0. The average molecular weight is 398 g/mol. The summed E-state index contributed by atoms with van der Waals surface area (Å²) in [4.78, 5) is 0. The molecule has 0 aliphatic heterocycles. The zero-order valence-corrected chi connectivity index (χ0v) is 19.7. The van der Waals surface area contributed by atoms with Gasteiger partial charge in [-0.05, 0) is 68.8 Å². The van der Waals surface area contributed by atoms with Crippen LogP contribution in [-0.2, 0) is 10.8 Å². The molecular formula is C27H31NSi. The van der Waals surface area contributed by atoms with Gasteiger partial charge in [-0.1, -0.05) is 76.8 Å². The first kappa shape index (κ1) is 18.7. The van der Waals surface area contributed by atoms with Gasteiger partial charge in [0.05, 0.1) is 8.07 Å². The molecule has 0 saturated carbocycles. The van der Waals surface area contributed by atoms with E-state index in [4.69, 9.17) is 5.73 Å². The van der Waals surface area contributed by atoms with Crippen LogP contribution in [0, 0.1) is 0 Å². The molecule has 0 atom stereocenters. The van der Waals surface area contributed by atoms with Gasteiger partial charge in [0, 0.05) is 16.5 Å². The van der Waals surface area contributed by atoms with Crippen LogP contribution >= 0.6 is 0 Å². The van der Waals surface area contributed by atoms with Crippen molar-refractivity contribution in [3.05, 3.63) is 70.8 Å². The Hall–Kier alpha value is -2.32. The highest BCUT2D eigenvalue weighted by Crippen LogP contribution is 2.56. The van der Waals surface area contributed by atoms with Gasteiger partial charge in [-0.15, -0.1) is 0 Å². The third-order valence-corrected chi connectivity index (χ3v) is 9.40. The zero-order chi connectivity index (χ0) is 20.9. The maximum atomic E-state index is 6.14. The van der Waals surface area contributed by atoms with Crippen LogP contribution in [0.5, 0.6) is 0 Å². The van der Waals surface area contributed by atoms with Gasteiger partial charge < -0.3 is 5.73 Å². The summed E-state index contributed by atoms with van der Waals surface area (Å²) >= 11 is 0.